The second-order valence-corrected chi connectivity index (χ2v) is 16.3. The lowest BCUT2D eigenvalue weighted by atomic mass is 10.0. The van der Waals surface area contributed by atoms with Gasteiger partial charge in [-0.1, -0.05) is 75.8 Å². The van der Waals surface area contributed by atoms with Gasteiger partial charge in [-0.05, 0) is 74.5 Å². The Kier molecular flexibility index (Phi) is 17.5. The molecule has 2 amide bonds. The number of amides is 2. The zero-order valence-corrected chi connectivity index (χ0v) is 36.1. The van der Waals surface area contributed by atoms with Gasteiger partial charge < -0.3 is 37.4 Å². The van der Waals surface area contributed by atoms with Gasteiger partial charge in [0.15, 0.2) is 0 Å². The van der Waals surface area contributed by atoms with E-state index in [1.807, 2.05) is 37.3 Å². The molecule has 1 saturated heterocycles. The van der Waals surface area contributed by atoms with Crippen molar-refractivity contribution in [3.05, 3.63) is 88.0 Å². The van der Waals surface area contributed by atoms with Crippen LogP contribution >= 0.6 is 0 Å². The summed E-state index contributed by atoms with van der Waals surface area (Å²) >= 11 is 0. The molecule has 5 rings (SSSR count). The van der Waals surface area contributed by atoms with Crippen molar-refractivity contribution in [3.63, 3.8) is 0 Å². The Bertz CT molecular complexity index is 2130. The lowest BCUT2D eigenvalue weighted by Crippen LogP contribution is -2.54. The van der Waals surface area contributed by atoms with Crippen LogP contribution in [0, 0.1) is 0 Å². The molecule has 3 unspecified atom stereocenters. The number of pyridine rings is 1. The van der Waals surface area contributed by atoms with Crippen LogP contribution in [-0.4, -0.2) is 93.8 Å². The first-order valence-corrected chi connectivity index (χ1v) is 21.8. The van der Waals surface area contributed by atoms with Crippen molar-refractivity contribution in [2.24, 2.45) is 12.8 Å². The number of carbonyl (C=O) groups is 2. The number of aliphatic hydroxyl groups is 1. The van der Waals surface area contributed by atoms with E-state index in [2.05, 4.69) is 35.7 Å². The van der Waals surface area contributed by atoms with Gasteiger partial charge >= 0.3 is 6.18 Å². The van der Waals surface area contributed by atoms with Crippen LogP contribution in [-0.2, 0) is 29.2 Å². The molecule has 0 saturated carbocycles. The first-order chi connectivity index (χ1) is 29.7. The van der Waals surface area contributed by atoms with Crippen molar-refractivity contribution >= 4 is 40.0 Å². The molecule has 1 fully saturated rings. The van der Waals surface area contributed by atoms with Gasteiger partial charge in [-0.3, -0.25) is 23.9 Å². The number of anilines is 3. The second kappa shape index (κ2) is 22.7. The first-order valence-electron chi connectivity index (χ1n) is 21.8. The standard InChI is InChI=1S/C45H63F3N10O4/c1-4-15-37(55-43(61)39(59)36(50)24-31-16-11-10-12-17-31)42(60)51-18-13-8-6-5-7-9-14-19-57-20-22-58(23-21-57)38-28-35-40(52-29-53-41(35)56(3)44(38)62)54-30(2)32-25-33(45(46,47)48)27-34(49)26-32/h10-12,16-17,25-30,36-37,39,59H,4-9,13-15,18-24,49-50H2,1-3H3,(H,51,60)(H,55,61)(H,52,53,54)/t30?,36?,37-,39?/m0/s1. The Morgan fingerprint density at radius 3 is 2.27 bits per heavy atom. The Morgan fingerprint density at radius 1 is 0.919 bits per heavy atom. The summed E-state index contributed by atoms with van der Waals surface area (Å²) in [6.07, 6.45) is 4.18. The molecule has 1 aliphatic rings. The van der Waals surface area contributed by atoms with E-state index in [1.54, 1.807) is 20.0 Å². The molecule has 338 valence electrons. The average molecular weight is 865 g/mol. The molecular formula is C45H63F3N10O4. The van der Waals surface area contributed by atoms with Crippen molar-refractivity contribution in [2.75, 3.05) is 55.2 Å². The molecule has 17 heteroatoms. The Balaban J connectivity index is 0.988. The topological polar surface area (TPSA) is 197 Å². The molecule has 4 aromatic rings. The molecule has 2 aromatic heterocycles. The monoisotopic (exact) mass is 864 g/mol. The highest BCUT2D eigenvalue weighted by Crippen LogP contribution is 2.34. The summed E-state index contributed by atoms with van der Waals surface area (Å²) in [5.41, 5.74) is 13.1. The highest BCUT2D eigenvalue weighted by Gasteiger charge is 2.32. The van der Waals surface area contributed by atoms with Gasteiger partial charge in [-0.15, -0.1) is 0 Å². The van der Waals surface area contributed by atoms with Gasteiger partial charge in [0, 0.05) is 51.5 Å². The van der Waals surface area contributed by atoms with Crippen molar-refractivity contribution in [1.82, 2.24) is 30.1 Å². The average Bonchev–Trinajstić information content (AvgIpc) is 3.25. The van der Waals surface area contributed by atoms with Crippen molar-refractivity contribution in [2.45, 2.75) is 108 Å². The third-order valence-electron chi connectivity index (χ3n) is 11.5. The summed E-state index contributed by atoms with van der Waals surface area (Å²) in [4.78, 5) is 52.3. The maximum atomic E-state index is 13.5. The zero-order valence-electron chi connectivity index (χ0n) is 36.1. The van der Waals surface area contributed by atoms with Crippen LogP contribution in [0.3, 0.4) is 0 Å². The number of piperazine rings is 1. The summed E-state index contributed by atoms with van der Waals surface area (Å²) in [6, 6.07) is 12.6. The van der Waals surface area contributed by atoms with E-state index in [-0.39, 0.29) is 17.2 Å². The number of nitrogens with two attached hydrogens (primary N) is 2. The van der Waals surface area contributed by atoms with Crippen LogP contribution in [0.4, 0.5) is 30.4 Å². The summed E-state index contributed by atoms with van der Waals surface area (Å²) in [5.74, 6) is -0.492. The van der Waals surface area contributed by atoms with Crippen LogP contribution in [0.25, 0.3) is 11.0 Å². The number of benzene rings is 2. The molecule has 62 heavy (non-hydrogen) atoms. The molecule has 0 aliphatic carbocycles. The molecular weight excluding hydrogens is 802 g/mol. The molecule has 0 spiro atoms. The number of hydrogen-bond donors (Lipinski definition) is 6. The fourth-order valence-corrected chi connectivity index (χ4v) is 7.87. The van der Waals surface area contributed by atoms with E-state index in [0.717, 1.165) is 82.3 Å². The molecule has 1 aliphatic heterocycles. The number of aryl methyl sites for hydroxylation is 1. The highest BCUT2D eigenvalue weighted by molar-refractivity contribution is 5.90. The number of aromatic nitrogens is 3. The number of rotatable bonds is 22. The summed E-state index contributed by atoms with van der Waals surface area (Å²) in [5, 5.41) is 20.0. The van der Waals surface area contributed by atoms with Gasteiger partial charge in [0.05, 0.1) is 17.0 Å². The third kappa shape index (κ3) is 13.4. The van der Waals surface area contributed by atoms with Crippen LogP contribution < -0.4 is 37.9 Å². The van der Waals surface area contributed by atoms with Crippen LogP contribution in [0.15, 0.2) is 65.7 Å². The van der Waals surface area contributed by atoms with Crippen LogP contribution in [0.1, 0.15) is 94.4 Å². The molecule has 8 N–H and O–H groups in total. The SMILES string of the molecule is CCC[C@H](NC(=O)C(O)C(N)Cc1ccccc1)C(=O)NCCCCCCCCCN1CCN(c2cc3c(NC(C)c4cc(N)cc(C(F)(F)F)c4)ncnc3n(C)c2=O)CC1. The number of aliphatic hydroxyl groups excluding tert-OH is 1. The fourth-order valence-electron chi connectivity index (χ4n) is 7.87. The van der Waals surface area contributed by atoms with Gasteiger partial charge in [-0.25, -0.2) is 9.97 Å². The minimum absolute atomic E-state index is 0.00927. The van der Waals surface area contributed by atoms with Crippen LogP contribution in [0.2, 0.25) is 0 Å². The van der Waals surface area contributed by atoms with E-state index in [0.29, 0.717) is 67.0 Å². The molecule has 2 aromatic carbocycles. The third-order valence-corrected chi connectivity index (χ3v) is 11.5. The molecule has 0 radical (unpaired) electrons. The quantitative estimate of drug-likeness (QED) is 0.0444. The maximum absolute atomic E-state index is 13.5. The largest absolute Gasteiger partial charge is 0.416 e. The predicted octanol–water partition coefficient (Wildman–Crippen LogP) is 5.29. The van der Waals surface area contributed by atoms with E-state index >= 15 is 0 Å². The van der Waals surface area contributed by atoms with E-state index in [4.69, 9.17) is 11.5 Å². The molecule has 3 heterocycles. The molecule has 4 atom stereocenters. The minimum Gasteiger partial charge on any atom is -0.399 e. The van der Waals surface area contributed by atoms with Gasteiger partial charge in [0.25, 0.3) is 11.5 Å². The van der Waals surface area contributed by atoms with Crippen molar-refractivity contribution < 1.29 is 27.9 Å². The van der Waals surface area contributed by atoms with Gasteiger partial charge in [0.2, 0.25) is 5.91 Å². The smallest absolute Gasteiger partial charge is 0.399 e. The summed E-state index contributed by atoms with van der Waals surface area (Å²) in [7, 11) is 1.66. The maximum Gasteiger partial charge on any atom is 0.416 e. The molecule has 14 nitrogen and oxygen atoms in total. The number of carbonyl (C=O) groups excluding carboxylic acids is 2. The number of fused-ring (bicyclic) bond motifs is 1. The van der Waals surface area contributed by atoms with Crippen molar-refractivity contribution in [1.29, 1.82) is 0 Å². The minimum atomic E-state index is -4.54. The number of nitrogen functional groups attached to an aromatic ring is 1. The van der Waals surface area contributed by atoms with E-state index in [9.17, 15) is 32.7 Å². The Hall–Kier alpha value is -5.26. The first kappa shape index (κ1) is 47.8. The second-order valence-electron chi connectivity index (χ2n) is 16.3. The number of halogens is 3. The normalized spacial score (nSPS) is 15.5. The van der Waals surface area contributed by atoms with Crippen LogP contribution in [0.5, 0.6) is 0 Å². The number of hydrogen-bond acceptors (Lipinski definition) is 11. The Morgan fingerprint density at radius 2 is 1.60 bits per heavy atom. The van der Waals surface area contributed by atoms with Gasteiger partial charge in [-0.2, -0.15) is 13.2 Å². The lowest BCUT2D eigenvalue weighted by molar-refractivity contribution is -0.137. The van der Waals surface area contributed by atoms with E-state index in [1.165, 1.54) is 17.0 Å². The predicted molar refractivity (Wildman–Crippen MR) is 238 cm³/mol. The van der Waals surface area contributed by atoms with Crippen molar-refractivity contribution in [3.8, 4) is 0 Å². The number of alkyl halides is 3. The summed E-state index contributed by atoms with van der Waals surface area (Å²) < 4.78 is 42.0. The highest BCUT2D eigenvalue weighted by atomic mass is 19.4. The fraction of sp³-hybridized carbons (Fsp3) is 0.533. The van der Waals surface area contributed by atoms with Gasteiger partial charge in [0.1, 0.15) is 35.6 Å². The Labute approximate surface area is 361 Å². The number of nitrogens with zero attached hydrogens (tertiary/aromatic N) is 5. The van der Waals surface area contributed by atoms with E-state index < -0.39 is 41.9 Å². The lowest BCUT2D eigenvalue weighted by Gasteiger charge is -2.36. The molecule has 0 bridgehead atoms. The zero-order chi connectivity index (χ0) is 44.8. The number of nitrogens with one attached hydrogen (secondary N) is 3. The number of unbranched alkanes of at least 4 members (excludes halogenated alkanes) is 6. The summed E-state index contributed by atoms with van der Waals surface area (Å²) in [6.45, 7) is 8.12.